The Hall–Kier alpha value is -0.950. The van der Waals surface area contributed by atoms with Crippen LogP contribution in [0.4, 0.5) is 5.69 Å². The van der Waals surface area contributed by atoms with Crippen LogP contribution in [0.1, 0.15) is 5.56 Å². The maximum atomic E-state index is 11.9. The Balaban J connectivity index is 2.57. The maximum absolute atomic E-state index is 11.9. The highest BCUT2D eigenvalue weighted by molar-refractivity contribution is 8.00. The minimum Gasteiger partial charge on any atom is -0.495 e. The van der Waals surface area contributed by atoms with Crippen LogP contribution >= 0.6 is 23.4 Å². The zero-order valence-corrected chi connectivity index (χ0v) is 14.1. The summed E-state index contributed by atoms with van der Waals surface area (Å²) < 4.78 is 15.3. The fourth-order valence-corrected chi connectivity index (χ4v) is 2.59. The molecule has 0 aliphatic rings. The van der Waals surface area contributed by atoms with Crippen molar-refractivity contribution in [2.24, 2.45) is 0 Å². The molecule has 0 unspecified atom stereocenters. The molecule has 0 aliphatic heterocycles. The van der Waals surface area contributed by atoms with Gasteiger partial charge >= 0.3 is 0 Å². The number of hydrogen-bond donors (Lipinski definition) is 1. The number of anilines is 1. The minimum atomic E-state index is -0.310. The second kappa shape index (κ2) is 9.15. The zero-order chi connectivity index (χ0) is 15.8. The molecule has 118 valence electrons. The van der Waals surface area contributed by atoms with E-state index in [1.54, 1.807) is 26.4 Å². The van der Waals surface area contributed by atoms with E-state index in [1.807, 2.05) is 6.92 Å². The number of methoxy groups -OCH3 is 3. The van der Waals surface area contributed by atoms with Crippen LogP contribution in [-0.4, -0.2) is 45.0 Å². The van der Waals surface area contributed by atoms with E-state index in [0.717, 1.165) is 5.56 Å². The summed E-state index contributed by atoms with van der Waals surface area (Å²) in [4.78, 5) is 11.9. The molecule has 0 fully saturated rings. The third kappa shape index (κ3) is 5.74. The van der Waals surface area contributed by atoms with E-state index in [2.05, 4.69) is 5.32 Å². The number of nitrogens with one attached hydrogen (secondary N) is 1. The molecule has 1 N–H and O–H groups in total. The third-order valence-corrected chi connectivity index (χ3v) is 4.15. The number of hydrogen-bond acceptors (Lipinski definition) is 5. The Morgan fingerprint density at radius 1 is 1.33 bits per heavy atom. The number of benzene rings is 1. The van der Waals surface area contributed by atoms with Crippen molar-refractivity contribution < 1.29 is 19.0 Å². The SMILES string of the molecule is COc1cc(Cl)c(C)cc1NC(=O)CSCC(OC)OC. The van der Waals surface area contributed by atoms with Crippen molar-refractivity contribution in [1.82, 2.24) is 0 Å². The summed E-state index contributed by atoms with van der Waals surface area (Å²) in [5.74, 6) is 1.30. The number of aryl methyl sites for hydroxylation is 1. The lowest BCUT2D eigenvalue weighted by Crippen LogP contribution is -2.19. The molecule has 0 spiro atoms. The quantitative estimate of drug-likeness (QED) is 0.741. The summed E-state index contributed by atoms with van der Waals surface area (Å²) in [6.45, 7) is 1.87. The van der Waals surface area contributed by atoms with Crippen molar-refractivity contribution in [2.75, 3.05) is 38.2 Å². The van der Waals surface area contributed by atoms with Gasteiger partial charge in [0, 0.05) is 31.1 Å². The van der Waals surface area contributed by atoms with Gasteiger partial charge in [0.2, 0.25) is 5.91 Å². The van der Waals surface area contributed by atoms with Crippen molar-refractivity contribution in [3.63, 3.8) is 0 Å². The van der Waals surface area contributed by atoms with Gasteiger partial charge in [-0.2, -0.15) is 0 Å². The van der Waals surface area contributed by atoms with Gasteiger partial charge in [-0.05, 0) is 18.6 Å². The van der Waals surface area contributed by atoms with Crippen LogP contribution in [0, 0.1) is 6.92 Å². The van der Waals surface area contributed by atoms with Crippen LogP contribution in [0.5, 0.6) is 5.75 Å². The first-order valence-corrected chi connectivity index (χ1v) is 7.82. The molecule has 0 saturated heterocycles. The number of thioether (sulfide) groups is 1. The molecule has 1 amide bonds. The van der Waals surface area contributed by atoms with Gasteiger partial charge in [-0.15, -0.1) is 11.8 Å². The smallest absolute Gasteiger partial charge is 0.234 e. The van der Waals surface area contributed by atoms with Crippen LogP contribution < -0.4 is 10.1 Å². The molecule has 0 bridgehead atoms. The average Bonchev–Trinajstić information content (AvgIpc) is 2.47. The summed E-state index contributed by atoms with van der Waals surface area (Å²) in [5, 5.41) is 3.41. The van der Waals surface area contributed by atoms with E-state index in [0.29, 0.717) is 28.0 Å². The molecule has 1 aromatic rings. The molecular weight excluding hydrogens is 314 g/mol. The molecule has 7 heteroatoms. The molecule has 0 aromatic heterocycles. The number of ether oxygens (including phenoxy) is 3. The summed E-state index contributed by atoms with van der Waals surface area (Å²) in [7, 11) is 4.67. The molecule has 0 saturated carbocycles. The van der Waals surface area contributed by atoms with E-state index in [4.69, 9.17) is 25.8 Å². The third-order valence-electron chi connectivity index (χ3n) is 2.77. The van der Waals surface area contributed by atoms with Crippen molar-refractivity contribution in [3.05, 3.63) is 22.7 Å². The minimum absolute atomic E-state index is 0.119. The van der Waals surface area contributed by atoms with Crippen LogP contribution in [0.2, 0.25) is 5.02 Å². The molecule has 5 nitrogen and oxygen atoms in total. The van der Waals surface area contributed by atoms with E-state index in [1.165, 1.54) is 18.9 Å². The molecule has 0 radical (unpaired) electrons. The number of carbonyl (C=O) groups excluding carboxylic acids is 1. The predicted molar refractivity (Wildman–Crippen MR) is 86.5 cm³/mol. The maximum Gasteiger partial charge on any atom is 0.234 e. The molecule has 0 aliphatic carbocycles. The summed E-state index contributed by atoms with van der Waals surface area (Å²) >= 11 is 7.46. The largest absolute Gasteiger partial charge is 0.495 e. The summed E-state index contributed by atoms with van der Waals surface area (Å²) in [6.07, 6.45) is -0.310. The summed E-state index contributed by atoms with van der Waals surface area (Å²) in [5.41, 5.74) is 1.49. The van der Waals surface area contributed by atoms with E-state index in [-0.39, 0.29) is 12.2 Å². The highest BCUT2D eigenvalue weighted by Gasteiger charge is 2.12. The number of carbonyl (C=O) groups is 1. The van der Waals surface area contributed by atoms with Gasteiger partial charge in [-0.25, -0.2) is 0 Å². The number of amides is 1. The molecule has 0 atom stereocenters. The Kier molecular flexibility index (Phi) is 7.88. The first-order valence-electron chi connectivity index (χ1n) is 6.29. The molecule has 1 rings (SSSR count). The van der Waals surface area contributed by atoms with Crippen molar-refractivity contribution in [3.8, 4) is 5.75 Å². The highest BCUT2D eigenvalue weighted by atomic mass is 35.5. The Morgan fingerprint density at radius 3 is 2.57 bits per heavy atom. The lowest BCUT2D eigenvalue weighted by Gasteiger charge is -2.14. The van der Waals surface area contributed by atoms with Gasteiger partial charge in [0.25, 0.3) is 0 Å². The number of rotatable bonds is 8. The average molecular weight is 334 g/mol. The van der Waals surface area contributed by atoms with Crippen LogP contribution in [0.25, 0.3) is 0 Å². The Bertz CT molecular complexity index is 480. The van der Waals surface area contributed by atoms with E-state index < -0.39 is 0 Å². The normalized spacial score (nSPS) is 10.8. The van der Waals surface area contributed by atoms with Gasteiger partial charge in [-0.3, -0.25) is 4.79 Å². The van der Waals surface area contributed by atoms with Gasteiger partial charge in [0.05, 0.1) is 18.6 Å². The first kappa shape index (κ1) is 18.1. The van der Waals surface area contributed by atoms with Crippen LogP contribution in [0.15, 0.2) is 12.1 Å². The van der Waals surface area contributed by atoms with E-state index >= 15 is 0 Å². The first-order chi connectivity index (χ1) is 10.0. The second-order valence-electron chi connectivity index (χ2n) is 4.27. The fourth-order valence-electron chi connectivity index (χ4n) is 1.60. The lowest BCUT2D eigenvalue weighted by atomic mass is 10.2. The van der Waals surface area contributed by atoms with Gasteiger partial charge in [0.1, 0.15) is 5.75 Å². The Labute approximate surface area is 134 Å². The van der Waals surface area contributed by atoms with Crippen LogP contribution in [-0.2, 0) is 14.3 Å². The standard InChI is InChI=1S/C14H20ClNO4S/c1-9-5-11(12(18-2)6-10(9)15)16-13(17)7-21-8-14(19-3)20-4/h5-6,14H,7-8H2,1-4H3,(H,16,17). The van der Waals surface area contributed by atoms with Crippen molar-refractivity contribution in [1.29, 1.82) is 0 Å². The van der Waals surface area contributed by atoms with Gasteiger partial charge in [0.15, 0.2) is 6.29 Å². The summed E-state index contributed by atoms with van der Waals surface area (Å²) in [6, 6.07) is 3.47. The highest BCUT2D eigenvalue weighted by Crippen LogP contribution is 2.31. The van der Waals surface area contributed by atoms with Crippen LogP contribution in [0.3, 0.4) is 0 Å². The second-order valence-corrected chi connectivity index (χ2v) is 5.70. The fraction of sp³-hybridized carbons (Fsp3) is 0.500. The molecule has 0 heterocycles. The predicted octanol–water partition coefficient (Wildman–Crippen LogP) is 2.95. The lowest BCUT2D eigenvalue weighted by molar-refractivity contribution is -0.113. The molecule has 1 aromatic carbocycles. The number of halogens is 1. The topological polar surface area (TPSA) is 56.8 Å². The van der Waals surface area contributed by atoms with Crippen molar-refractivity contribution >= 4 is 35.0 Å². The Morgan fingerprint density at radius 2 is 2.00 bits per heavy atom. The van der Waals surface area contributed by atoms with Gasteiger partial charge < -0.3 is 19.5 Å². The van der Waals surface area contributed by atoms with E-state index in [9.17, 15) is 4.79 Å². The monoisotopic (exact) mass is 333 g/mol. The molecule has 21 heavy (non-hydrogen) atoms. The molecular formula is C14H20ClNO4S. The van der Waals surface area contributed by atoms with Gasteiger partial charge in [-0.1, -0.05) is 11.6 Å². The van der Waals surface area contributed by atoms with Crippen molar-refractivity contribution in [2.45, 2.75) is 13.2 Å². The zero-order valence-electron chi connectivity index (χ0n) is 12.6.